The topological polar surface area (TPSA) is 67.8 Å². The van der Waals surface area contributed by atoms with Gasteiger partial charge in [0.05, 0.1) is 5.75 Å². The van der Waals surface area contributed by atoms with Gasteiger partial charge in [-0.3, -0.25) is 4.79 Å². The molecule has 2 aliphatic carbocycles. The SMILES string of the molecule is C[C@@H](NC(=O)CSc1nnc(-c2ccccc2)c(-c2ccccc2)n1)[C@H]1C[C@H]2CC[C@H]1C2. The van der Waals surface area contributed by atoms with Crippen molar-refractivity contribution in [3.63, 3.8) is 0 Å². The Morgan fingerprint density at radius 1 is 0.969 bits per heavy atom. The minimum atomic E-state index is 0.0438. The summed E-state index contributed by atoms with van der Waals surface area (Å²) in [6, 6.07) is 20.2. The molecule has 5 nitrogen and oxygen atoms in total. The van der Waals surface area contributed by atoms with E-state index in [9.17, 15) is 4.79 Å². The van der Waals surface area contributed by atoms with E-state index in [4.69, 9.17) is 4.98 Å². The molecule has 0 spiro atoms. The lowest BCUT2D eigenvalue weighted by atomic mass is 9.84. The first kappa shape index (κ1) is 21.1. The lowest BCUT2D eigenvalue weighted by Crippen LogP contribution is -2.40. The van der Waals surface area contributed by atoms with Gasteiger partial charge in [0.25, 0.3) is 0 Å². The van der Waals surface area contributed by atoms with Gasteiger partial charge in [-0.05, 0) is 43.9 Å². The molecule has 4 atom stereocenters. The molecule has 2 fully saturated rings. The summed E-state index contributed by atoms with van der Waals surface area (Å²) in [5, 5.41) is 12.6. The van der Waals surface area contributed by atoms with E-state index >= 15 is 0 Å². The second kappa shape index (κ2) is 9.41. The summed E-state index contributed by atoms with van der Waals surface area (Å²) in [4.78, 5) is 17.4. The highest BCUT2D eigenvalue weighted by Crippen LogP contribution is 2.49. The summed E-state index contributed by atoms with van der Waals surface area (Å²) in [6.07, 6.45) is 5.34. The van der Waals surface area contributed by atoms with Crippen molar-refractivity contribution >= 4 is 17.7 Å². The molecule has 1 N–H and O–H groups in total. The van der Waals surface area contributed by atoms with Crippen LogP contribution in [-0.4, -0.2) is 32.9 Å². The van der Waals surface area contributed by atoms with Crippen molar-refractivity contribution in [1.82, 2.24) is 20.5 Å². The van der Waals surface area contributed by atoms with Gasteiger partial charge in [0.1, 0.15) is 11.4 Å². The van der Waals surface area contributed by atoms with Crippen LogP contribution in [0.15, 0.2) is 65.8 Å². The maximum atomic E-state index is 12.6. The van der Waals surface area contributed by atoms with Crippen molar-refractivity contribution < 1.29 is 4.79 Å². The maximum absolute atomic E-state index is 12.6. The van der Waals surface area contributed by atoms with Crippen LogP contribution in [0.2, 0.25) is 0 Å². The van der Waals surface area contributed by atoms with Crippen LogP contribution in [0.4, 0.5) is 0 Å². The minimum absolute atomic E-state index is 0.0438. The molecule has 2 bridgehead atoms. The molecule has 1 heterocycles. The number of carbonyl (C=O) groups is 1. The van der Waals surface area contributed by atoms with Crippen LogP contribution in [0.25, 0.3) is 22.5 Å². The van der Waals surface area contributed by atoms with Crippen LogP contribution in [0.3, 0.4) is 0 Å². The van der Waals surface area contributed by atoms with Gasteiger partial charge >= 0.3 is 0 Å². The molecule has 0 radical (unpaired) electrons. The van der Waals surface area contributed by atoms with Gasteiger partial charge in [0.15, 0.2) is 0 Å². The summed E-state index contributed by atoms with van der Waals surface area (Å²) >= 11 is 1.34. The highest BCUT2D eigenvalue weighted by molar-refractivity contribution is 7.99. The number of nitrogens with one attached hydrogen (secondary N) is 1. The molecule has 0 unspecified atom stereocenters. The van der Waals surface area contributed by atoms with Gasteiger partial charge in [-0.25, -0.2) is 4.98 Å². The first-order chi connectivity index (χ1) is 15.7. The Hall–Kier alpha value is -2.73. The Kier molecular flexibility index (Phi) is 6.21. The molecule has 1 aromatic heterocycles. The Balaban J connectivity index is 1.28. The van der Waals surface area contributed by atoms with E-state index in [0.29, 0.717) is 16.8 Å². The van der Waals surface area contributed by atoms with E-state index in [1.807, 2.05) is 60.7 Å². The number of hydrogen-bond donors (Lipinski definition) is 1. The third-order valence-electron chi connectivity index (χ3n) is 6.92. The molecular weight excluding hydrogens is 416 g/mol. The van der Waals surface area contributed by atoms with E-state index in [0.717, 1.165) is 34.4 Å². The van der Waals surface area contributed by atoms with E-state index in [-0.39, 0.29) is 11.9 Å². The Labute approximate surface area is 193 Å². The number of rotatable bonds is 7. The van der Waals surface area contributed by atoms with Gasteiger partial charge in [-0.2, -0.15) is 0 Å². The number of thioether (sulfide) groups is 1. The van der Waals surface area contributed by atoms with Gasteiger partial charge in [-0.1, -0.05) is 78.8 Å². The predicted octanol–water partition coefficient (Wildman–Crippen LogP) is 5.24. The van der Waals surface area contributed by atoms with Gasteiger partial charge < -0.3 is 5.32 Å². The largest absolute Gasteiger partial charge is 0.353 e. The summed E-state index contributed by atoms with van der Waals surface area (Å²) < 4.78 is 0. The van der Waals surface area contributed by atoms with E-state index in [1.165, 1.54) is 37.4 Å². The number of hydrogen-bond acceptors (Lipinski definition) is 5. The highest BCUT2D eigenvalue weighted by Gasteiger charge is 2.42. The fourth-order valence-corrected chi connectivity index (χ4v) is 6.00. The normalized spacial score (nSPS) is 22.6. The number of fused-ring (bicyclic) bond motifs is 2. The summed E-state index contributed by atoms with van der Waals surface area (Å²) in [7, 11) is 0. The zero-order chi connectivity index (χ0) is 21.9. The Morgan fingerprint density at radius 3 is 2.28 bits per heavy atom. The van der Waals surface area contributed by atoms with Crippen molar-refractivity contribution in [1.29, 1.82) is 0 Å². The average Bonchev–Trinajstić information content (AvgIpc) is 3.48. The lowest BCUT2D eigenvalue weighted by Gasteiger charge is -2.28. The third kappa shape index (κ3) is 4.56. The lowest BCUT2D eigenvalue weighted by molar-refractivity contribution is -0.119. The standard InChI is InChI=1S/C26H28N4OS/c1-17(22-15-18-12-13-21(22)14-18)27-23(31)16-32-26-28-24(19-8-4-2-5-9-19)25(29-30-26)20-10-6-3-7-11-20/h2-11,17-18,21-22H,12-16H2,1H3,(H,27,31)/t17-,18+,21+,22-/m1/s1. The van der Waals surface area contributed by atoms with Crippen molar-refractivity contribution in [2.75, 3.05) is 5.75 Å². The number of benzene rings is 2. The first-order valence-corrected chi connectivity index (χ1v) is 12.4. The van der Waals surface area contributed by atoms with Crippen molar-refractivity contribution in [3.8, 4) is 22.5 Å². The van der Waals surface area contributed by atoms with Crippen LogP contribution in [-0.2, 0) is 4.79 Å². The Bertz CT molecular complexity index is 1080. The first-order valence-electron chi connectivity index (χ1n) is 11.4. The third-order valence-corrected chi connectivity index (χ3v) is 7.76. The van der Waals surface area contributed by atoms with Crippen molar-refractivity contribution in [2.24, 2.45) is 17.8 Å². The zero-order valence-corrected chi connectivity index (χ0v) is 19.1. The molecule has 32 heavy (non-hydrogen) atoms. The van der Waals surface area contributed by atoms with E-state index < -0.39 is 0 Å². The van der Waals surface area contributed by atoms with Crippen LogP contribution < -0.4 is 5.32 Å². The fourth-order valence-electron chi connectivity index (χ4n) is 5.40. The van der Waals surface area contributed by atoms with Crippen molar-refractivity contribution in [3.05, 3.63) is 60.7 Å². The summed E-state index contributed by atoms with van der Waals surface area (Å²) in [5.41, 5.74) is 3.48. The number of carbonyl (C=O) groups excluding carboxylic acids is 1. The summed E-state index contributed by atoms with van der Waals surface area (Å²) in [6.45, 7) is 2.16. The minimum Gasteiger partial charge on any atom is -0.353 e. The molecule has 3 aromatic rings. The van der Waals surface area contributed by atoms with Gasteiger partial charge in [0.2, 0.25) is 11.1 Å². The molecule has 2 aliphatic rings. The quantitative estimate of drug-likeness (QED) is 0.505. The zero-order valence-electron chi connectivity index (χ0n) is 18.3. The van der Waals surface area contributed by atoms with Gasteiger partial charge in [-0.15, -0.1) is 10.2 Å². The molecule has 1 amide bonds. The maximum Gasteiger partial charge on any atom is 0.230 e. The highest BCUT2D eigenvalue weighted by atomic mass is 32.2. The number of nitrogens with zero attached hydrogens (tertiary/aromatic N) is 3. The monoisotopic (exact) mass is 444 g/mol. The molecule has 0 saturated heterocycles. The van der Waals surface area contributed by atoms with Crippen molar-refractivity contribution in [2.45, 2.75) is 43.8 Å². The molecule has 2 saturated carbocycles. The molecule has 164 valence electrons. The number of aromatic nitrogens is 3. The molecular formula is C26H28N4OS. The second-order valence-electron chi connectivity index (χ2n) is 9.01. The second-order valence-corrected chi connectivity index (χ2v) is 9.95. The molecule has 2 aromatic carbocycles. The van der Waals surface area contributed by atoms with Crippen LogP contribution in [0.1, 0.15) is 32.6 Å². The van der Waals surface area contributed by atoms with Gasteiger partial charge in [0, 0.05) is 17.2 Å². The van der Waals surface area contributed by atoms with Crippen LogP contribution in [0, 0.1) is 17.8 Å². The average molecular weight is 445 g/mol. The molecule has 5 rings (SSSR count). The Morgan fingerprint density at radius 2 is 1.66 bits per heavy atom. The number of amides is 1. The smallest absolute Gasteiger partial charge is 0.230 e. The van der Waals surface area contributed by atoms with Crippen LogP contribution >= 0.6 is 11.8 Å². The predicted molar refractivity (Wildman–Crippen MR) is 128 cm³/mol. The van der Waals surface area contributed by atoms with E-state index in [1.54, 1.807) is 0 Å². The molecule has 6 heteroatoms. The van der Waals surface area contributed by atoms with Crippen LogP contribution in [0.5, 0.6) is 0 Å². The molecule has 0 aliphatic heterocycles. The van der Waals surface area contributed by atoms with E-state index in [2.05, 4.69) is 22.4 Å². The fraction of sp³-hybridized carbons (Fsp3) is 0.385. The summed E-state index contributed by atoms with van der Waals surface area (Å²) in [5.74, 6) is 2.66.